The number of aliphatic imine (C=N–C) groups is 1. The van der Waals surface area contributed by atoms with E-state index in [4.69, 9.17) is 14.1 Å². The second kappa shape index (κ2) is 14.1. The summed E-state index contributed by atoms with van der Waals surface area (Å²) in [5.74, 6) is 2.12. The van der Waals surface area contributed by atoms with Gasteiger partial charge < -0.3 is 24.7 Å². The fourth-order valence-electron chi connectivity index (χ4n) is 3.99. The molecule has 0 aliphatic carbocycles. The van der Waals surface area contributed by atoms with Crippen molar-refractivity contribution in [3.8, 4) is 0 Å². The Kier molecular flexibility index (Phi) is 10.7. The van der Waals surface area contributed by atoms with Gasteiger partial charge in [0.2, 0.25) is 5.91 Å². The number of furan rings is 1. The SMILES string of the molecule is O=C1CCCCCN1CCCN=C(NCCCN1CCOCC1)NCCc1ccco1. The zero-order valence-corrected chi connectivity index (χ0v) is 18.8. The zero-order chi connectivity index (χ0) is 21.6. The predicted molar refractivity (Wildman–Crippen MR) is 122 cm³/mol. The smallest absolute Gasteiger partial charge is 0.222 e. The van der Waals surface area contributed by atoms with Gasteiger partial charge in [-0.2, -0.15) is 0 Å². The highest BCUT2D eigenvalue weighted by Crippen LogP contribution is 2.11. The topological polar surface area (TPSA) is 82.3 Å². The van der Waals surface area contributed by atoms with Gasteiger partial charge in [-0.1, -0.05) is 6.42 Å². The number of morpholine rings is 1. The van der Waals surface area contributed by atoms with Gasteiger partial charge in [-0.05, 0) is 44.4 Å². The van der Waals surface area contributed by atoms with Crippen molar-refractivity contribution in [2.24, 2.45) is 4.99 Å². The van der Waals surface area contributed by atoms with E-state index in [1.165, 1.54) is 6.42 Å². The van der Waals surface area contributed by atoms with E-state index in [2.05, 4.69) is 15.5 Å². The van der Waals surface area contributed by atoms with E-state index in [0.29, 0.717) is 18.9 Å². The van der Waals surface area contributed by atoms with Gasteiger partial charge in [0.05, 0.1) is 19.5 Å². The molecule has 174 valence electrons. The molecule has 0 radical (unpaired) electrons. The molecule has 3 heterocycles. The van der Waals surface area contributed by atoms with Crippen LogP contribution in [0.5, 0.6) is 0 Å². The highest BCUT2D eigenvalue weighted by molar-refractivity contribution is 5.79. The maximum atomic E-state index is 12.1. The van der Waals surface area contributed by atoms with Crippen LogP contribution in [0.1, 0.15) is 44.3 Å². The zero-order valence-electron chi connectivity index (χ0n) is 18.8. The van der Waals surface area contributed by atoms with Crippen molar-refractivity contribution in [2.45, 2.75) is 44.9 Å². The van der Waals surface area contributed by atoms with Gasteiger partial charge in [0.1, 0.15) is 5.76 Å². The number of nitrogens with one attached hydrogen (secondary N) is 2. The summed E-state index contributed by atoms with van der Waals surface area (Å²) in [5, 5.41) is 6.88. The fourth-order valence-corrected chi connectivity index (χ4v) is 3.99. The van der Waals surface area contributed by atoms with Gasteiger partial charge in [0, 0.05) is 58.7 Å². The Bertz CT molecular complexity index is 644. The molecule has 0 saturated carbocycles. The number of rotatable bonds is 11. The molecule has 1 amide bonds. The molecule has 0 unspecified atom stereocenters. The van der Waals surface area contributed by atoms with Crippen molar-refractivity contribution < 1.29 is 13.9 Å². The van der Waals surface area contributed by atoms with Crippen molar-refractivity contribution >= 4 is 11.9 Å². The molecule has 1 aromatic heterocycles. The first-order valence-electron chi connectivity index (χ1n) is 11.9. The number of amides is 1. The molecule has 2 N–H and O–H groups in total. The van der Waals surface area contributed by atoms with Gasteiger partial charge in [0.15, 0.2) is 5.96 Å². The van der Waals surface area contributed by atoms with E-state index >= 15 is 0 Å². The Labute approximate surface area is 186 Å². The van der Waals surface area contributed by atoms with Crippen LogP contribution < -0.4 is 10.6 Å². The molecule has 8 heteroatoms. The molecule has 0 bridgehead atoms. The molecule has 0 aromatic carbocycles. The summed E-state index contributed by atoms with van der Waals surface area (Å²) in [6, 6.07) is 3.91. The van der Waals surface area contributed by atoms with Gasteiger partial charge in [-0.25, -0.2) is 0 Å². The summed E-state index contributed by atoms with van der Waals surface area (Å²) in [4.78, 5) is 21.4. The summed E-state index contributed by atoms with van der Waals surface area (Å²) in [6.45, 7) is 8.88. The minimum Gasteiger partial charge on any atom is -0.469 e. The molecule has 2 fully saturated rings. The van der Waals surface area contributed by atoms with Crippen LogP contribution in [0.25, 0.3) is 0 Å². The molecule has 31 heavy (non-hydrogen) atoms. The lowest BCUT2D eigenvalue weighted by Crippen LogP contribution is -2.41. The summed E-state index contributed by atoms with van der Waals surface area (Å²) < 4.78 is 10.8. The minimum atomic E-state index is 0.305. The molecule has 2 saturated heterocycles. The van der Waals surface area contributed by atoms with Gasteiger partial charge in [-0.15, -0.1) is 0 Å². The summed E-state index contributed by atoms with van der Waals surface area (Å²) >= 11 is 0. The second-order valence-corrected chi connectivity index (χ2v) is 8.27. The van der Waals surface area contributed by atoms with Crippen LogP contribution in [0.3, 0.4) is 0 Å². The molecule has 0 atom stereocenters. The second-order valence-electron chi connectivity index (χ2n) is 8.27. The van der Waals surface area contributed by atoms with Crippen molar-refractivity contribution in [3.05, 3.63) is 24.2 Å². The number of likely N-dealkylation sites (tertiary alicyclic amines) is 1. The largest absolute Gasteiger partial charge is 0.469 e. The Hall–Kier alpha value is -2.06. The monoisotopic (exact) mass is 433 g/mol. The average molecular weight is 434 g/mol. The van der Waals surface area contributed by atoms with Gasteiger partial charge in [-0.3, -0.25) is 14.7 Å². The molecular formula is C23H39N5O3. The third kappa shape index (κ3) is 9.31. The van der Waals surface area contributed by atoms with E-state index in [1.807, 2.05) is 17.0 Å². The molecule has 2 aliphatic rings. The molecule has 1 aromatic rings. The van der Waals surface area contributed by atoms with E-state index < -0.39 is 0 Å². The first-order valence-corrected chi connectivity index (χ1v) is 11.9. The summed E-state index contributed by atoms with van der Waals surface area (Å²) in [5.41, 5.74) is 0. The Morgan fingerprint density at radius 2 is 1.90 bits per heavy atom. The number of hydrogen-bond acceptors (Lipinski definition) is 5. The van der Waals surface area contributed by atoms with E-state index in [-0.39, 0.29) is 0 Å². The third-order valence-corrected chi connectivity index (χ3v) is 5.82. The fraction of sp³-hybridized carbons (Fsp3) is 0.739. The first kappa shape index (κ1) is 23.6. The molecule has 3 rings (SSSR count). The maximum Gasteiger partial charge on any atom is 0.222 e. The van der Waals surface area contributed by atoms with Crippen LogP contribution in [0.4, 0.5) is 0 Å². The van der Waals surface area contributed by atoms with Crippen LogP contribution in [0, 0.1) is 0 Å². The van der Waals surface area contributed by atoms with Crippen molar-refractivity contribution in [1.29, 1.82) is 0 Å². The van der Waals surface area contributed by atoms with Crippen LogP contribution in [0.2, 0.25) is 0 Å². The summed E-state index contributed by atoms with van der Waals surface area (Å²) in [6.07, 6.45) is 8.52. The van der Waals surface area contributed by atoms with Crippen LogP contribution in [0.15, 0.2) is 27.8 Å². The third-order valence-electron chi connectivity index (χ3n) is 5.82. The van der Waals surface area contributed by atoms with Crippen LogP contribution in [-0.2, 0) is 16.0 Å². The quantitative estimate of drug-likeness (QED) is 0.315. The Balaban J connectivity index is 1.38. The van der Waals surface area contributed by atoms with Gasteiger partial charge >= 0.3 is 0 Å². The van der Waals surface area contributed by atoms with Crippen LogP contribution in [-0.4, -0.2) is 87.2 Å². The van der Waals surface area contributed by atoms with E-state index in [9.17, 15) is 4.79 Å². The molecule has 0 spiro atoms. The van der Waals surface area contributed by atoms with Crippen LogP contribution >= 0.6 is 0 Å². The molecule has 8 nitrogen and oxygen atoms in total. The number of guanidine groups is 1. The molecular weight excluding hydrogens is 394 g/mol. The number of nitrogens with zero attached hydrogens (tertiary/aromatic N) is 3. The normalized spacial score (nSPS) is 18.8. The Morgan fingerprint density at radius 1 is 1.03 bits per heavy atom. The number of hydrogen-bond donors (Lipinski definition) is 2. The maximum absolute atomic E-state index is 12.1. The Morgan fingerprint density at radius 3 is 2.74 bits per heavy atom. The lowest BCUT2D eigenvalue weighted by atomic mass is 10.2. The van der Waals surface area contributed by atoms with E-state index in [1.54, 1.807) is 6.26 Å². The lowest BCUT2D eigenvalue weighted by molar-refractivity contribution is -0.130. The minimum absolute atomic E-state index is 0.305. The number of carbonyl (C=O) groups is 1. The van der Waals surface area contributed by atoms with Crippen molar-refractivity contribution in [3.63, 3.8) is 0 Å². The molecule has 2 aliphatic heterocycles. The highest BCUT2D eigenvalue weighted by atomic mass is 16.5. The standard InChI is InChI=1S/C23H39N5O3/c29-22-8-2-1-3-14-28(22)15-6-11-25-23(26-12-9-21-7-4-18-31-21)24-10-5-13-27-16-19-30-20-17-27/h4,7,18H,1-3,5-6,8-17,19-20H2,(H2,24,25,26). The number of carbonyl (C=O) groups excluding carboxylic acids is 1. The first-order chi connectivity index (χ1) is 15.3. The predicted octanol–water partition coefficient (Wildman–Crippen LogP) is 1.87. The van der Waals surface area contributed by atoms with Gasteiger partial charge in [0.25, 0.3) is 0 Å². The summed E-state index contributed by atoms with van der Waals surface area (Å²) in [7, 11) is 0. The average Bonchev–Trinajstić information content (AvgIpc) is 3.23. The lowest BCUT2D eigenvalue weighted by Gasteiger charge is -2.26. The van der Waals surface area contributed by atoms with Crippen molar-refractivity contribution in [2.75, 3.05) is 65.6 Å². The van der Waals surface area contributed by atoms with E-state index in [0.717, 1.165) is 103 Å². The number of ether oxygens (including phenoxy) is 1. The van der Waals surface area contributed by atoms with Crippen molar-refractivity contribution in [1.82, 2.24) is 20.4 Å². The highest BCUT2D eigenvalue weighted by Gasteiger charge is 2.15.